The third-order valence-electron chi connectivity index (χ3n) is 3.09. The molecule has 2 rings (SSSR count). The lowest BCUT2D eigenvalue weighted by Gasteiger charge is -2.10. The number of rotatable bonds is 2. The average molecular weight is 350 g/mol. The molecule has 132 valence electrons. The summed E-state index contributed by atoms with van der Waals surface area (Å²) in [6.45, 7) is -0.175. The second kappa shape index (κ2) is 8.16. The van der Waals surface area contributed by atoms with Crippen molar-refractivity contribution in [1.29, 1.82) is 0 Å². The van der Waals surface area contributed by atoms with Crippen molar-refractivity contribution in [3.8, 4) is 0 Å². The summed E-state index contributed by atoms with van der Waals surface area (Å²) in [5.41, 5.74) is 9.26. The molecule has 8 heteroatoms. The van der Waals surface area contributed by atoms with Crippen LogP contribution in [0, 0.1) is 0 Å². The van der Waals surface area contributed by atoms with Crippen LogP contribution < -0.4 is 11.5 Å². The van der Waals surface area contributed by atoms with Gasteiger partial charge in [-0.1, -0.05) is 36.4 Å². The molecule has 0 saturated heterocycles. The zero-order valence-electron chi connectivity index (χ0n) is 12.5. The van der Waals surface area contributed by atoms with Gasteiger partial charge in [0.25, 0.3) is 0 Å². The molecule has 0 heterocycles. The minimum Gasteiger partial charge on any atom is -0.326 e. The van der Waals surface area contributed by atoms with Gasteiger partial charge in [-0.25, -0.2) is 0 Å². The molecular weight excluding hydrogens is 334 g/mol. The molecule has 2 nitrogen and oxygen atoms in total. The van der Waals surface area contributed by atoms with Gasteiger partial charge in [0.15, 0.2) is 0 Å². The van der Waals surface area contributed by atoms with Crippen LogP contribution in [-0.2, 0) is 25.4 Å². The SMILES string of the molecule is NCc1ccccc1C(F)(F)F.NCc1ccccc1C(F)(F)F. The van der Waals surface area contributed by atoms with Crippen LogP contribution in [0.3, 0.4) is 0 Å². The van der Waals surface area contributed by atoms with Gasteiger partial charge in [-0.2, -0.15) is 26.3 Å². The van der Waals surface area contributed by atoms with E-state index in [2.05, 4.69) is 0 Å². The molecular formula is C16H16F6N2. The summed E-state index contributed by atoms with van der Waals surface area (Å²) in [5, 5.41) is 0. The third kappa shape index (κ3) is 5.54. The first-order chi connectivity index (χ1) is 11.1. The van der Waals surface area contributed by atoms with Crippen LogP contribution in [0.5, 0.6) is 0 Å². The van der Waals surface area contributed by atoms with Crippen molar-refractivity contribution in [2.24, 2.45) is 11.5 Å². The zero-order chi connectivity index (χ0) is 18.4. The minimum absolute atomic E-state index is 0.0876. The Morgan fingerprint density at radius 3 is 1.08 bits per heavy atom. The van der Waals surface area contributed by atoms with Crippen LogP contribution in [0.2, 0.25) is 0 Å². The van der Waals surface area contributed by atoms with Crippen molar-refractivity contribution in [2.75, 3.05) is 0 Å². The van der Waals surface area contributed by atoms with E-state index in [1.807, 2.05) is 0 Å². The highest BCUT2D eigenvalue weighted by Crippen LogP contribution is 2.32. The Morgan fingerprint density at radius 1 is 0.583 bits per heavy atom. The second-order valence-electron chi connectivity index (χ2n) is 4.72. The molecule has 0 amide bonds. The summed E-state index contributed by atoms with van der Waals surface area (Å²) in [6, 6.07) is 10.6. The zero-order valence-corrected chi connectivity index (χ0v) is 12.5. The molecule has 2 aromatic carbocycles. The van der Waals surface area contributed by atoms with Crippen molar-refractivity contribution in [3.05, 3.63) is 70.8 Å². The monoisotopic (exact) mass is 350 g/mol. The standard InChI is InChI=1S/2C8H8F3N/c2*9-8(10,11)7-4-2-1-3-6(7)5-12/h2*1-4H,5,12H2. The van der Waals surface area contributed by atoms with E-state index in [1.165, 1.54) is 36.4 Å². The minimum atomic E-state index is -4.30. The first-order valence-electron chi connectivity index (χ1n) is 6.81. The Balaban J connectivity index is 0.000000240. The molecule has 0 saturated carbocycles. The summed E-state index contributed by atoms with van der Waals surface area (Å²) in [5.74, 6) is 0. The van der Waals surface area contributed by atoms with Gasteiger partial charge in [0.05, 0.1) is 11.1 Å². The van der Waals surface area contributed by atoms with Crippen molar-refractivity contribution in [2.45, 2.75) is 25.4 Å². The van der Waals surface area contributed by atoms with E-state index in [4.69, 9.17) is 11.5 Å². The Bertz CT molecular complexity index is 592. The van der Waals surface area contributed by atoms with Crippen molar-refractivity contribution in [3.63, 3.8) is 0 Å². The number of benzene rings is 2. The van der Waals surface area contributed by atoms with E-state index in [0.29, 0.717) is 0 Å². The summed E-state index contributed by atoms with van der Waals surface area (Å²) in [6.07, 6.45) is -8.59. The van der Waals surface area contributed by atoms with Crippen LogP contribution in [0.1, 0.15) is 22.3 Å². The van der Waals surface area contributed by atoms with E-state index < -0.39 is 23.5 Å². The molecule has 0 radical (unpaired) electrons. The lowest BCUT2D eigenvalue weighted by atomic mass is 10.1. The molecule has 0 aromatic heterocycles. The number of alkyl halides is 6. The Labute approximate surface area is 135 Å². The quantitative estimate of drug-likeness (QED) is 0.792. The van der Waals surface area contributed by atoms with E-state index in [-0.39, 0.29) is 24.2 Å². The Hall–Kier alpha value is -2.06. The molecule has 0 aliphatic carbocycles. The highest BCUT2D eigenvalue weighted by atomic mass is 19.4. The number of nitrogens with two attached hydrogens (primary N) is 2. The number of hydrogen-bond donors (Lipinski definition) is 2. The smallest absolute Gasteiger partial charge is 0.326 e. The van der Waals surface area contributed by atoms with Gasteiger partial charge in [0.1, 0.15) is 0 Å². The topological polar surface area (TPSA) is 52.0 Å². The molecule has 0 aliphatic heterocycles. The predicted octanol–water partition coefficient (Wildman–Crippen LogP) is 4.33. The fraction of sp³-hybridized carbons (Fsp3) is 0.250. The van der Waals surface area contributed by atoms with Gasteiger partial charge in [-0.05, 0) is 23.3 Å². The Kier molecular flexibility index (Phi) is 6.80. The highest BCUT2D eigenvalue weighted by Gasteiger charge is 2.33. The van der Waals surface area contributed by atoms with Crippen LogP contribution in [0.4, 0.5) is 26.3 Å². The van der Waals surface area contributed by atoms with Gasteiger partial charge in [-0.15, -0.1) is 0 Å². The van der Waals surface area contributed by atoms with Crippen LogP contribution in [-0.4, -0.2) is 0 Å². The van der Waals surface area contributed by atoms with Crippen LogP contribution in [0.15, 0.2) is 48.5 Å². The van der Waals surface area contributed by atoms with Gasteiger partial charge in [-0.3, -0.25) is 0 Å². The summed E-state index contributed by atoms with van der Waals surface area (Å²) in [7, 11) is 0. The van der Waals surface area contributed by atoms with E-state index in [9.17, 15) is 26.3 Å². The van der Waals surface area contributed by atoms with Crippen molar-refractivity contribution >= 4 is 0 Å². The van der Waals surface area contributed by atoms with Crippen LogP contribution in [0.25, 0.3) is 0 Å². The molecule has 0 fully saturated rings. The largest absolute Gasteiger partial charge is 0.416 e. The van der Waals surface area contributed by atoms with Gasteiger partial charge in [0.2, 0.25) is 0 Å². The lowest BCUT2D eigenvalue weighted by molar-refractivity contribution is -0.139. The summed E-state index contributed by atoms with van der Waals surface area (Å²) < 4.78 is 73.1. The van der Waals surface area contributed by atoms with E-state index >= 15 is 0 Å². The Morgan fingerprint density at radius 2 is 0.875 bits per heavy atom. The van der Waals surface area contributed by atoms with E-state index in [1.54, 1.807) is 0 Å². The van der Waals surface area contributed by atoms with Gasteiger partial charge < -0.3 is 11.5 Å². The molecule has 0 spiro atoms. The highest BCUT2D eigenvalue weighted by molar-refractivity contribution is 5.30. The maximum absolute atomic E-state index is 12.2. The number of hydrogen-bond acceptors (Lipinski definition) is 2. The summed E-state index contributed by atoms with van der Waals surface area (Å²) >= 11 is 0. The molecule has 0 aliphatic rings. The molecule has 0 atom stereocenters. The first kappa shape index (κ1) is 20.0. The van der Waals surface area contributed by atoms with Gasteiger partial charge >= 0.3 is 12.4 Å². The maximum atomic E-state index is 12.2. The van der Waals surface area contributed by atoms with Crippen LogP contribution >= 0.6 is 0 Å². The molecule has 2 aromatic rings. The normalized spacial score (nSPS) is 11.7. The molecule has 24 heavy (non-hydrogen) atoms. The van der Waals surface area contributed by atoms with Gasteiger partial charge in [0, 0.05) is 13.1 Å². The molecule has 0 unspecified atom stereocenters. The second-order valence-corrected chi connectivity index (χ2v) is 4.72. The number of halogens is 6. The van der Waals surface area contributed by atoms with E-state index in [0.717, 1.165) is 12.1 Å². The fourth-order valence-corrected chi connectivity index (χ4v) is 1.95. The molecule has 0 bridgehead atoms. The average Bonchev–Trinajstić information content (AvgIpc) is 2.53. The third-order valence-corrected chi connectivity index (χ3v) is 3.09. The lowest BCUT2D eigenvalue weighted by Crippen LogP contribution is -2.11. The van der Waals surface area contributed by atoms with Crippen molar-refractivity contribution < 1.29 is 26.3 Å². The molecule has 4 N–H and O–H groups in total. The first-order valence-corrected chi connectivity index (χ1v) is 6.81. The fourth-order valence-electron chi connectivity index (χ4n) is 1.95. The van der Waals surface area contributed by atoms with Crippen molar-refractivity contribution in [1.82, 2.24) is 0 Å². The maximum Gasteiger partial charge on any atom is 0.416 e. The summed E-state index contributed by atoms with van der Waals surface area (Å²) in [4.78, 5) is 0. The predicted molar refractivity (Wildman–Crippen MR) is 78.7 cm³/mol.